The normalized spacial score (nSPS) is 10.7. The lowest BCUT2D eigenvalue weighted by atomic mass is 10.0. The van der Waals surface area contributed by atoms with Gasteiger partial charge in [0.2, 0.25) is 5.75 Å². The van der Waals surface area contributed by atoms with E-state index >= 15 is 0 Å². The summed E-state index contributed by atoms with van der Waals surface area (Å²) in [7, 11) is 6.17. The predicted octanol–water partition coefficient (Wildman–Crippen LogP) is 4.56. The largest absolute Gasteiger partial charge is 0.507 e. The van der Waals surface area contributed by atoms with Crippen LogP contribution in [0.1, 0.15) is 21.5 Å². The predicted molar refractivity (Wildman–Crippen MR) is 139 cm³/mol. The van der Waals surface area contributed by atoms with Crippen molar-refractivity contribution < 1.29 is 29.2 Å². The molecule has 4 aromatic rings. The van der Waals surface area contributed by atoms with Crippen LogP contribution in [0.3, 0.4) is 0 Å². The number of nitrogens with zero attached hydrogens (tertiary/aromatic N) is 3. The Labute approximate surface area is 215 Å². The molecule has 0 fully saturated rings. The highest BCUT2D eigenvalue weighted by molar-refractivity contribution is 5.98. The number of amides is 1. The molecule has 0 aliphatic rings. The Hall–Kier alpha value is -4.66. The van der Waals surface area contributed by atoms with Crippen molar-refractivity contribution in [2.75, 3.05) is 28.4 Å². The Morgan fingerprint density at radius 2 is 1.68 bits per heavy atom. The summed E-state index contributed by atoms with van der Waals surface area (Å²) >= 11 is 0. The van der Waals surface area contributed by atoms with Crippen LogP contribution in [0, 0.1) is 6.92 Å². The zero-order chi connectivity index (χ0) is 26.7. The van der Waals surface area contributed by atoms with Crippen LogP contribution in [0.15, 0.2) is 60.8 Å². The van der Waals surface area contributed by atoms with Crippen LogP contribution in [-0.2, 0) is 6.54 Å². The van der Waals surface area contributed by atoms with Gasteiger partial charge >= 0.3 is 0 Å². The second kappa shape index (κ2) is 10.5. The van der Waals surface area contributed by atoms with E-state index in [4.69, 9.17) is 14.2 Å². The first-order valence-electron chi connectivity index (χ1n) is 11.5. The van der Waals surface area contributed by atoms with Crippen LogP contribution in [0.5, 0.6) is 28.7 Å². The van der Waals surface area contributed by atoms with Crippen LogP contribution < -0.4 is 14.2 Å². The van der Waals surface area contributed by atoms with E-state index in [0.29, 0.717) is 34.1 Å². The lowest BCUT2D eigenvalue weighted by Crippen LogP contribution is -2.26. The van der Waals surface area contributed by atoms with E-state index in [2.05, 4.69) is 5.10 Å². The first kappa shape index (κ1) is 25.4. The summed E-state index contributed by atoms with van der Waals surface area (Å²) in [5.41, 5.74) is 3.48. The van der Waals surface area contributed by atoms with Gasteiger partial charge in [-0.25, -0.2) is 4.68 Å². The monoisotopic (exact) mass is 503 g/mol. The number of carbonyl (C=O) groups is 1. The third-order valence-electron chi connectivity index (χ3n) is 6.15. The van der Waals surface area contributed by atoms with Gasteiger partial charge in [0.25, 0.3) is 5.91 Å². The number of hydrogen-bond donors (Lipinski definition) is 2. The molecule has 1 amide bonds. The van der Waals surface area contributed by atoms with Gasteiger partial charge in [0, 0.05) is 30.8 Å². The van der Waals surface area contributed by atoms with Gasteiger partial charge in [0.05, 0.1) is 44.5 Å². The number of aromatic hydroxyl groups is 2. The van der Waals surface area contributed by atoms with E-state index in [1.165, 1.54) is 38.4 Å². The molecule has 0 atom stereocenters. The van der Waals surface area contributed by atoms with Gasteiger partial charge in [-0.05, 0) is 42.8 Å². The molecule has 0 saturated heterocycles. The number of aromatic nitrogens is 2. The molecule has 9 nitrogen and oxygen atoms in total. The number of carbonyl (C=O) groups excluding carboxylic acids is 1. The van der Waals surface area contributed by atoms with Crippen LogP contribution in [0.2, 0.25) is 0 Å². The van der Waals surface area contributed by atoms with Crippen molar-refractivity contribution in [3.63, 3.8) is 0 Å². The molecule has 37 heavy (non-hydrogen) atoms. The number of phenols is 2. The van der Waals surface area contributed by atoms with Crippen molar-refractivity contribution in [2.24, 2.45) is 0 Å². The Morgan fingerprint density at radius 3 is 2.35 bits per heavy atom. The molecule has 0 spiro atoms. The number of phenolic OH excluding ortho intramolecular Hbond substituents is 2. The highest BCUT2D eigenvalue weighted by atomic mass is 16.5. The van der Waals surface area contributed by atoms with Crippen molar-refractivity contribution >= 4 is 5.91 Å². The molecule has 0 radical (unpaired) electrons. The highest BCUT2D eigenvalue weighted by Crippen LogP contribution is 2.41. The number of para-hydroxylation sites is 1. The molecule has 0 aliphatic carbocycles. The maximum Gasteiger partial charge on any atom is 0.257 e. The molecule has 2 N–H and O–H groups in total. The fourth-order valence-corrected chi connectivity index (χ4v) is 4.27. The first-order valence-corrected chi connectivity index (χ1v) is 11.5. The van der Waals surface area contributed by atoms with Crippen molar-refractivity contribution in [3.8, 4) is 45.7 Å². The Balaban J connectivity index is 1.70. The second-order valence-electron chi connectivity index (χ2n) is 8.46. The van der Waals surface area contributed by atoms with Gasteiger partial charge in [-0.3, -0.25) is 4.79 Å². The molecule has 1 heterocycles. The van der Waals surface area contributed by atoms with Gasteiger partial charge in [0.1, 0.15) is 11.5 Å². The molecule has 4 rings (SSSR count). The summed E-state index contributed by atoms with van der Waals surface area (Å²) in [5.74, 6) is 0.412. The van der Waals surface area contributed by atoms with Crippen LogP contribution in [-0.4, -0.2) is 59.2 Å². The van der Waals surface area contributed by atoms with E-state index < -0.39 is 5.91 Å². The van der Waals surface area contributed by atoms with E-state index in [-0.39, 0.29) is 23.6 Å². The van der Waals surface area contributed by atoms with E-state index in [0.717, 1.165) is 11.3 Å². The number of methoxy groups -OCH3 is 3. The third kappa shape index (κ3) is 4.75. The smallest absolute Gasteiger partial charge is 0.257 e. The number of hydrogen-bond acceptors (Lipinski definition) is 7. The summed E-state index contributed by atoms with van der Waals surface area (Å²) in [6.07, 6.45) is 1.62. The zero-order valence-electron chi connectivity index (χ0n) is 21.3. The molecule has 9 heteroatoms. The lowest BCUT2D eigenvalue weighted by Gasteiger charge is -2.22. The standard InChI is InChI=1S/C28H29N3O6/c1-17-8-6-7-9-21(17)31-22(12-13-29-31)19-14-20(24(33)15-23(19)32)28(34)30(2)16-18-10-11-25(35-3)27(37-5)26(18)36-4/h6-15,32-33H,16H2,1-5H3. The first-order chi connectivity index (χ1) is 17.8. The van der Waals surface area contributed by atoms with Crippen LogP contribution in [0.25, 0.3) is 16.9 Å². The molecule has 0 aliphatic heterocycles. The zero-order valence-corrected chi connectivity index (χ0v) is 21.3. The molecule has 192 valence electrons. The summed E-state index contributed by atoms with van der Waals surface area (Å²) in [5, 5.41) is 25.7. The lowest BCUT2D eigenvalue weighted by molar-refractivity contribution is 0.0781. The third-order valence-corrected chi connectivity index (χ3v) is 6.15. The number of rotatable bonds is 8. The highest BCUT2D eigenvalue weighted by Gasteiger charge is 2.24. The molecular weight excluding hydrogens is 474 g/mol. The summed E-state index contributed by atoms with van der Waals surface area (Å²) in [4.78, 5) is 14.9. The minimum absolute atomic E-state index is 0.0345. The van der Waals surface area contributed by atoms with Crippen molar-refractivity contribution in [3.05, 3.63) is 77.5 Å². The van der Waals surface area contributed by atoms with Crippen molar-refractivity contribution in [1.29, 1.82) is 0 Å². The number of benzene rings is 3. The Kier molecular flexibility index (Phi) is 7.24. The van der Waals surface area contributed by atoms with Gasteiger partial charge in [-0.2, -0.15) is 5.10 Å². The van der Waals surface area contributed by atoms with E-state index in [1.54, 1.807) is 36.1 Å². The molecular formula is C28H29N3O6. The molecule has 3 aromatic carbocycles. The average Bonchev–Trinajstić information content (AvgIpc) is 3.37. The van der Waals surface area contributed by atoms with E-state index in [9.17, 15) is 15.0 Å². The maximum atomic E-state index is 13.5. The summed E-state index contributed by atoms with van der Waals surface area (Å²) in [6.45, 7) is 2.13. The topological polar surface area (TPSA) is 106 Å². The number of ether oxygens (including phenoxy) is 3. The van der Waals surface area contributed by atoms with E-state index in [1.807, 2.05) is 31.2 Å². The molecule has 0 unspecified atom stereocenters. The molecule has 1 aromatic heterocycles. The Morgan fingerprint density at radius 1 is 0.946 bits per heavy atom. The van der Waals surface area contributed by atoms with Gasteiger partial charge < -0.3 is 29.3 Å². The SMILES string of the molecule is COc1ccc(CN(C)C(=O)c2cc(-c3ccnn3-c3ccccc3C)c(O)cc2O)c(OC)c1OC. The van der Waals surface area contributed by atoms with Crippen LogP contribution >= 0.6 is 0 Å². The van der Waals surface area contributed by atoms with Crippen molar-refractivity contribution in [2.45, 2.75) is 13.5 Å². The molecule has 0 bridgehead atoms. The second-order valence-corrected chi connectivity index (χ2v) is 8.46. The van der Waals surface area contributed by atoms with Gasteiger partial charge in [-0.1, -0.05) is 18.2 Å². The fourth-order valence-electron chi connectivity index (χ4n) is 4.27. The van der Waals surface area contributed by atoms with Crippen molar-refractivity contribution in [1.82, 2.24) is 14.7 Å². The summed E-state index contributed by atoms with van der Waals surface area (Å²) in [6, 6.07) is 15.6. The van der Waals surface area contributed by atoms with Crippen LogP contribution in [0.4, 0.5) is 0 Å². The number of aryl methyl sites for hydroxylation is 1. The maximum absolute atomic E-state index is 13.5. The minimum atomic E-state index is -0.447. The van der Waals surface area contributed by atoms with Gasteiger partial charge in [-0.15, -0.1) is 0 Å². The quantitative estimate of drug-likeness (QED) is 0.363. The Bertz CT molecular complexity index is 1450. The minimum Gasteiger partial charge on any atom is -0.507 e. The van der Waals surface area contributed by atoms with Gasteiger partial charge in [0.15, 0.2) is 11.5 Å². The summed E-state index contributed by atoms with van der Waals surface area (Å²) < 4.78 is 18.0. The molecule has 0 saturated carbocycles. The fraction of sp³-hybridized carbons (Fsp3) is 0.214. The average molecular weight is 504 g/mol.